The Hall–Kier alpha value is -1.58. The number of thiophene rings is 1. The Morgan fingerprint density at radius 2 is 1.76 bits per heavy atom. The Balaban J connectivity index is 2.21. The van der Waals surface area contributed by atoms with E-state index in [0.29, 0.717) is 17.4 Å². The minimum Gasteiger partial charge on any atom is -0.334 e. The molecule has 1 aromatic carbocycles. The van der Waals surface area contributed by atoms with Gasteiger partial charge in [0.2, 0.25) is 0 Å². The summed E-state index contributed by atoms with van der Waals surface area (Å²) in [6.07, 6.45) is 0. The van der Waals surface area contributed by atoms with Crippen molar-refractivity contribution in [2.75, 3.05) is 6.54 Å². The lowest BCUT2D eigenvalue weighted by molar-refractivity contribution is -0.0436. The molecule has 0 saturated heterocycles. The average Bonchev–Trinajstić information content (AvgIpc) is 2.96. The van der Waals surface area contributed by atoms with Gasteiger partial charge in [0.1, 0.15) is 0 Å². The van der Waals surface area contributed by atoms with Crippen molar-refractivity contribution >= 4 is 38.7 Å². The molecule has 0 N–H and O–H groups in total. The maximum absolute atomic E-state index is 12.5. The molecule has 4 nitrogen and oxygen atoms in total. The summed E-state index contributed by atoms with van der Waals surface area (Å²) >= 11 is 7.17. The van der Waals surface area contributed by atoms with Gasteiger partial charge in [-0.05, 0) is 43.3 Å². The van der Waals surface area contributed by atoms with E-state index in [1.165, 1.54) is 16.2 Å². The lowest BCUT2D eigenvalue weighted by Gasteiger charge is -2.20. The number of amides is 1. The van der Waals surface area contributed by atoms with E-state index in [2.05, 4.69) is 0 Å². The Morgan fingerprint density at radius 1 is 1.16 bits per heavy atom. The van der Waals surface area contributed by atoms with Crippen LogP contribution in [0.3, 0.4) is 0 Å². The molecule has 0 aliphatic carbocycles. The second-order valence-electron chi connectivity index (χ2n) is 5.00. The molecule has 25 heavy (non-hydrogen) atoms. The fourth-order valence-corrected chi connectivity index (χ4v) is 3.91. The van der Waals surface area contributed by atoms with Gasteiger partial charge in [0.15, 0.2) is 0 Å². The highest BCUT2D eigenvalue weighted by molar-refractivity contribution is 7.92. The van der Waals surface area contributed by atoms with Crippen LogP contribution in [0.15, 0.2) is 41.3 Å². The van der Waals surface area contributed by atoms with Gasteiger partial charge >= 0.3 is 5.51 Å². The van der Waals surface area contributed by atoms with Crippen LogP contribution in [-0.2, 0) is 16.4 Å². The Kier molecular flexibility index (Phi) is 5.80. The monoisotopic (exact) mass is 411 g/mol. The minimum atomic E-state index is -5.43. The fourth-order valence-electron chi connectivity index (χ4n) is 2.04. The van der Waals surface area contributed by atoms with Crippen LogP contribution in [-0.4, -0.2) is 31.3 Å². The maximum Gasteiger partial charge on any atom is 0.501 e. The van der Waals surface area contributed by atoms with Gasteiger partial charge in [0.25, 0.3) is 15.7 Å². The first-order valence-corrected chi connectivity index (χ1v) is 9.69. The van der Waals surface area contributed by atoms with E-state index in [4.69, 9.17) is 11.6 Å². The van der Waals surface area contributed by atoms with Crippen molar-refractivity contribution in [3.63, 3.8) is 0 Å². The predicted octanol–water partition coefficient (Wildman–Crippen LogP) is 4.36. The van der Waals surface area contributed by atoms with Crippen molar-refractivity contribution in [1.29, 1.82) is 0 Å². The Labute approximate surface area is 151 Å². The third-order valence-corrected chi connectivity index (χ3v) is 6.08. The molecule has 2 rings (SSSR count). The van der Waals surface area contributed by atoms with Crippen molar-refractivity contribution in [3.8, 4) is 0 Å². The van der Waals surface area contributed by atoms with E-state index < -0.39 is 26.1 Å². The number of hydrogen-bond acceptors (Lipinski definition) is 4. The highest BCUT2D eigenvalue weighted by Crippen LogP contribution is 2.30. The minimum absolute atomic E-state index is 0.102. The van der Waals surface area contributed by atoms with Gasteiger partial charge in [-0.3, -0.25) is 4.79 Å². The Bertz CT molecular complexity index is 861. The summed E-state index contributed by atoms with van der Waals surface area (Å²) in [5.41, 5.74) is -5.28. The standard InChI is InChI=1S/C15H13ClF3NO3S2/c1-2-20(9-11-5-8-13(16)24-11)14(21)10-3-6-12(7-4-10)25(22,23)15(17,18)19/h3-8H,2,9H2,1H3. The lowest BCUT2D eigenvalue weighted by atomic mass is 10.2. The summed E-state index contributed by atoms with van der Waals surface area (Å²) in [6.45, 7) is 2.43. The SMILES string of the molecule is CCN(Cc1ccc(Cl)s1)C(=O)c1ccc(S(=O)(=O)C(F)(F)F)cc1. The number of rotatable bonds is 5. The largest absolute Gasteiger partial charge is 0.501 e. The van der Waals surface area contributed by atoms with Crippen LogP contribution in [0.25, 0.3) is 0 Å². The molecule has 0 aliphatic rings. The molecule has 1 heterocycles. The second kappa shape index (κ2) is 7.35. The molecule has 0 fully saturated rings. The maximum atomic E-state index is 12.5. The van der Waals surface area contributed by atoms with Crippen LogP contribution in [0.2, 0.25) is 4.34 Å². The van der Waals surface area contributed by atoms with Gasteiger partial charge < -0.3 is 4.90 Å². The Morgan fingerprint density at radius 3 is 2.20 bits per heavy atom. The molecule has 0 unspecified atom stereocenters. The highest BCUT2D eigenvalue weighted by atomic mass is 35.5. The van der Waals surface area contributed by atoms with E-state index in [0.717, 1.165) is 29.1 Å². The quantitative estimate of drug-likeness (QED) is 0.734. The van der Waals surface area contributed by atoms with Crippen LogP contribution in [0.4, 0.5) is 13.2 Å². The van der Waals surface area contributed by atoms with Gasteiger partial charge in [-0.2, -0.15) is 13.2 Å². The van der Waals surface area contributed by atoms with Crippen LogP contribution in [0.1, 0.15) is 22.2 Å². The molecule has 1 aromatic heterocycles. The fraction of sp³-hybridized carbons (Fsp3) is 0.267. The molecule has 0 bridgehead atoms. The van der Waals surface area contributed by atoms with E-state index in [-0.39, 0.29) is 5.56 Å². The summed E-state index contributed by atoms with van der Waals surface area (Å²) in [7, 11) is -5.43. The molecule has 10 heteroatoms. The zero-order valence-corrected chi connectivity index (χ0v) is 15.3. The molecule has 1 amide bonds. The van der Waals surface area contributed by atoms with Gasteiger partial charge in [-0.15, -0.1) is 11.3 Å². The van der Waals surface area contributed by atoms with E-state index in [1.54, 1.807) is 19.1 Å². The third kappa shape index (κ3) is 4.34. The van der Waals surface area contributed by atoms with E-state index in [1.807, 2.05) is 0 Å². The molecule has 136 valence electrons. The summed E-state index contributed by atoms with van der Waals surface area (Å²) in [6, 6.07) is 7.20. The highest BCUT2D eigenvalue weighted by Gasteiger charge is 2.46. The van der Waals surface area contributed by atoms with Crippen LogP contribution in [0.5, 0.6) is 0 Å². The second-order valence-corrected chi connectivity index (χ2v) is 8.74. The number of sulfone groups is 1. The zero-order chi connectivity index (χ0) is 18.8. The zero-order valence-electron chi connectivity index (χ0n) is 12.9. The normalized spacial score (nSPS) is 12.2. The number of benzene rings is 1. The van der Waals surface area contributed by atoms with Crippen molar-refractivity contribution < 1.29 is 26.4 Å². The van der Waals surface area contributed by atoms with Gasteiger partial charge in [0, 0.05) is 17.0 Å². The molecular weight excluding hydrogens is 399 g/mol. The van der Waals surface area contributed by atoms with E-state index in [9.17, 15) is 26.4 Å². The van der Waals surface area contributed by atoms with Crippen LogP contribution in [0, 0.1) is 0 Å². The summed E-state index contributed by atoms with van der Waals surface area (Å²) < 4.78 is 60.9. The summed E-state index contributed by atoms with van der Waals surface area (Å²) in [5.74, 6) is -0.414. The molecular formula is C15H13ClF3NO3S2. The number of nitrogens with zero attached hydrogens (tertiary/aromatic N) is 1. The molecule has 0 radical (unpaired) electrons. The first kappa shape index (κ1) is 19.7. The molecule has 0 saturated carbocycles. The molecule has 0 aliphatic heterocycles. The van der Waals surface area contributed by atoms with Crippen molar-refractivity contribution in [1.82, 2.24) is 4.90 Å². The molecule has 0 spiro atoms. The number of carbonyl (C=O) groups is 1. The van der Waals surface area contributed by atoms with Gasteiger partial charge in [-0.25, -0.2) is 8.42 Å². The van der Waals surface area contributed by atoms with Crippen molar-refractivity contribution in [3.05, 3.63) is 51.2 Å². The average molecular weight is 412 g/mol. The smallest absolute Gasteiger partial charge is 0.334 e. The van der Waals surface area contributed by atoms with E-state index >= 15 is 0 Å². The van der Waals surface area contributed by atoms with Gasteiger partial charge in [-0.1, -0.05) is 11.6 Å². The van der Waals surface area contributed by atoms with Crippen molar-refractivity contribution in [2.45, 2.75) is 23.9 Å². The van der Waals surface area contributed by atoms with Crippen molar-refractivity contribution in [2.24, 2.45) is 0 Å². The van der Waals surface area contributed by atoms with Gasteiger partial charge in [0.05, 0.1) is 15.8 Å². The number of halogens is 4. The number of carbonyl (C=O) groups excluding carboxylic acids is 1. The first-order valence-electron chi connectivity index (χ1n) is 7.01. The lowest BCUT2D eigenvalue weighted by Crippen LogP contribution is -2.30. The number of alkyl halides is 3. The predicted molar refractivity (Wildman–Crippen MR) is 89.4 cm³/mol. The molecule has 2 aromatic rings. The summed E-state index contributed by atoms with van der Waals surface area (Å²) in [5, 5.41) is 0. The van der Waals surface area contributed by atoms with Crippen LogP contribution < -0.4 is 0 Å². The number of hydrogen-bond donors (Lipinski definition) is 0. The third-order valence-electron chi connectivity index (χ3n) is 3.36. The molecule has 0 atom stereocenters. The summed E-state index contributed by atoms with van der Waals surface area (Å²) in [4.78, 5) is 13.9. The topological polar surface area (TPSA) is 54.5 Å². The van der Waals surface area contributed by atoms with Crippen LogP contribution >= 0.6 is 22.9 Å². The first-order chi connectivity index (χ1) is 11.6.